The zero-order valence-electron chi connectivity index (χ0n) is 12.2. The minimum atomic E-state index is -0.471. The van der Waals surface area contributed by atoms with Gasteiger partial charge >= 0.3 is 6.09 Å². The first-order valence-corrected chi connectivity index (χ1v) is 6.87. The van der Waals surface area contributed by atoms with Crippen molar-refractivity contribution in [1.29, 1.82) is 0 Å². The highest BCUT2D eigenvalue weighted by molar-refractivity contribution is 5.77. The molecule has 1 fully saturated rings. The molecule has 0 aliphatic heterocycles. The molecule has 0 aromatic heterocycles. The summed E-state index contributed by atoms with van der Waals surface area (Å²) in [6, 6.07) is 0. The first-order valence-electron chi connectivity index (χ1n) is 6.87. The van der Waals surface area contributed by atoms with Crippen molar-refractivity contribution >= 4 is 12.1 Å². The second-order valence-electron chi connectivity index (χ2n) is 5.88. The van der Waals surface area contributed by atoms with E-state index in [2.05, 4.69) is 15.6 Å². The summed E-state index contributed by atoms with van der Waals surface area (Å²) in [5, 5.41) is 5.61. The minimum absolute atomic E-state index is 0.417. The van der Waals surface area contributed by atoms with Crippen LogP contribution in [0.5, 0.6) is 0 Å². The van der Waals surface area contributed by atoms with Gasteiger partial charge in [0.25, 0.3) is 0 Å². The number of amides is 1. The predicted molar refractivity (Wildman–Crippen MR) is 76.1 cm³/mol. The number of nitrogens with one attached hydrogen (secondary N) is 2. The average molecular weight is 270 g/mol. The smallest absolute Gasteiger partial charge is 0.407 e. The number of ether oxygens (including phenoxy) is 1. The number of nitrogens with zero attached hydrogens (tertiary/aromatic N) is 1. The minimum Gasteiger partial charge on any atom is -0.444 e. The number of hydrogen-bond acceptors (Lipinski definition) is 3. The van der Waals surface area contributed by atoms with Gasteiger partial charge in [-0.1, -0.05) is 6.42 Å². The van der Waals surface area contributed by atoms with E-state index < -0.39 is 11.7 Å². The van der Waals surface area contributed by atoms with Crippen molar-refractivity contribution in [3.05, 3.63) is 0 Å². The SMILES string of the molecule is CC(C)(C)OC(=O)NCCNC(N)=NCC1CCC1. The second kappa shape index (κ2) is 7.21. The summed E-state index contributed by atoms with van der Waals surface area (Å²) in [5.41, 5.74) is 5.24. The Morgan fingerprint density at radius 1 is 1.32 bits per heavy atom. The Bertz CT molecular complexity index is 319. The molecule has 0 spiro atoms. The van der Waals surface area contributed by atoms with Crippen LogP contribution in [0.2, 0.25) is 0 Å². The first-order chi connectivity index (χ1) is 8.87. The summed E-state index contributed by atoms with van der Waals surface area (Å²) in [4.78, 5) is 15.6. The molecule has 0 aromatic carbocycles. The van der Waals surface area contributed by atoms with Gasteiger partial charge in [-0.3, -0.25) is 4.99 Å². The molecule has 4 N–H and O–H groups in total. The summed E-state index contributed by atoms with van der Waals surface area (Å²) in [5.74, 6) is 1.15. The van der Waals surface area contributed by atoms with E-state index in [1.165, 1.54) is 19.3 Å². The Kier molecular flexibility index (Phi) is 5.92. The quantitative estimate of drug-likeness (QED) is 0.398. The van der Waals surface area contributed by atoms with E-state index in [4.69, 9.17) is 10.5 Å². The molecule has 0 aromatic rings. The number of nitrogens with two attached hydrogens (primary N) is 1. The van der Waals surface area contributed by atoms with Crippen LogP contribution in [0.1, 0.15) is 40.0 Å². The fourth-order valence-corrected chi connectivity index (χ4v) is 1.63. The van der Waals surface area contributed by atoms with E-state index in [0.717, 1.165) is 6.54 Å². The van der Waals surface area contributed by atoms with Crippen molar-refractivity contribution in [3.8, 4) is 0 Å². The van der Waals surface area contributed by atoms with Gasteiger partial charge in [0.15, 0.2) is 5.96 Å². The zero-order chi connectivity index (χ0) is 14.3. The normalized spacial score (nSPS) is 16.7. The molecule has 1 rings (SSSR count). The van der Waals surface area contributed by atoms with Crippen molar-refractivity contribution in [2.45, 2.75) is 45.6 Å². The Morgan fingerprint density at radius 2 is 1.95 bits per heavy atom. The topological polar surface area (TPSA) is 88.7 Å². The number of carbonyl (C=O) groups is 1. The van der Waals surface area contributed by atoms with Crippen LogP contribution in [0.15, 0.2) is 4.99 Å². The molecule has 19 heavy (non-hydrogen) atoms. The maximum absolute atomic E-state index is 11.3. The van der Waals surface area contributed by atoms with Gasteiger partial charge in [-0.15, -0.1) is 0 Å². The lowest BCUT2D eigenvalue weighted by atomic mass is 9.86. The van der Waals surface area contributed by atoms with Crippen LogP contribution in [0.25, 0.3) is 0 Å². The third-order valence-corrected chi connectivity index (χ3v) is 2.84. The van der Waals surface area contributed by atoms with Crippen molar-refractivity contribution < 1.29 is 9.53 Å². The van der Waals surface area contributed by atoms with Crippen LogP contribution in [0.3, 0.4) is 0 Å². The van der Waals surface area contributed by atoms with E-state index in [0.29, 0.717) is 25.0 Å². The van der Waals surface area contributed by atoms with Crippen LogP contribution in [0.4, 0.5) is 4.79 Å². The number of rotatable bonds is 5. The molecule has 1 amide bonds. The molecule has 1 aliphatic carbocycles. The number of carbonyl (C=O) groups excluding carboxylic acids is 1. The highest BCUT2D eigenvalue weighted by Gasteiger charge is 2.16. The van der Waals surface area contributed by atoms with Gasteiger partial charge in [-0.25, -0.2) is 4.79 Å². The lowest BCUT2D eigenvalue weighted by molar-refractivity contribution is 0.0529. The molecule has 110 valence electrons. The second-order valence-corrected chi connectivity index (χ2v) is 5.88. The molecule has 6 heteroatoms. The summed E-state index contributed by atoms with van der Waals surface area (Å²) in [7, 11) is 0. The standard InChI is InChI=1S/C13H26N4O2/c1-13(2,3)19-12(18)16-8-7-15-11(14)17-9-10-5-4-6-10/h10H,4-9H2,1-3H3,(H,16,18)(H3,14,15,17). The van der Waals surface area contributed by atoms with Gasteiger partial charge in [0.05, 0.1) is 0 Å². The maximum Gasteiger partial charge on any atom is 0.407 e. The number of hydrogen-bond donors (Lipinski definition) is 3. The van der Waals surface area contributed by atoms with Gasteiger partial charge in [-0.2, -0.15) is 0 Å². The number of aliphatic imine (C=N–C) groups is 1. The van der Waals surface area contributed by atoms with E-state index in [-0.39, 0.29) is 0 Å². The molecule has 1 saturated carbocycles. The Hall–Kier alpha value is -1.46. The summed E-state index contributed by atoms with van der Waals surface area (Å²) >= 11 is 0. The van der Waals surface area contributed by atoms with Crippen LogP contribution >= 0.6 is 0 Å². The van der Waals surface area contributed by atoms with Gasteiger partial charge in [0, 0.05) is 19.6 Å². The third kappa shape index (κ3) is 7.54. The Balaban J connectivity index is 2.04. The monoisotopic (exact) mass is 270 g/mol. The van der Waals surface area contributed by atoms with Crippen LogP contribution in [-0.4, -0.2) is 37.3 Å². The summed E-state index contributed by atoms with van der Waals surface area (Å²) < 4.78 is 5.11. The first kappa shape index (κ1) is 15.6. The van der Waals surface area contributed by atoms with Crippen molar-refractivity contribution in [2.24, 2.45) is 16.6 Å². The van der Waals surface area contributed by atoms with Crippen LogP contribution < -0.4 is 16.4 Å². The van der Waals surface area contributed by atoms with Crippen LogP contribution in [-0.2, 0) is 4.74 Å². The van der Waals surface area contributed by atoms with E-state index in [1.54, 1.807) is 0 Å². The van der Waals surface area contributed by atoms with Gasteiger partial charge in [0.2, 0.25) is 0 Å². The molecule has 6 nitrogen and oxygen atoms in total. The maximum atomic E-state index is 11.3. The van der Waals surface area contributed by atoms with E-state index in [9.17, 15) is 4.79 Å². The number of alkyl carbamates (subject to hydrolysis) is 1. The lowest BCUT2D eigenvalue weighted by Crippen LogP contribution is -2.40. The molecule has 1 aliphatic rings. The average Bonchev–Trinajstić information content (AvgIpc) is 2.19. The highest BCUT2D eigenvalue weighted by Crippen LogP contribution is 2.26. The van der Waals surface area contributed by atoms with Crippen molar-refractivity contribution in [1.82, 2.24) is 10.6 Å². The fraction of sp³-hybridized carbons (Fsp3) is 0.846. The predicted octanol–water partition coefficient (Wildman–Crippen LogP) is 1.22. The molecular weight excluding hydrogens is 244 g/mol. The summed E-state index contributed by atoms with van der Waals surface area (Å²) in [6.07, 6.45) is 3.42. The van der Waals surface area contributed by atoms with Crippen molar-refractivity contribution in [2.75, 3.05) is 19.6 Å². The molecule has 0 atom stereocenters. The number of guanidine groups is 1. The highest BCUT2D eigenvalue weighted by atomic mass is 16.6. The van der Waals surface area contributed by atoms with Gasteiger partial charge in [0.1, 0.15) is 5.60 Å². The molecular formula is C13H26N4O2. The van der Waals surface area contributed by atoms with Crippen molar-refractivity contribution in [3.63, 3.8) is 0 Å². The molecule has 0 heterocycles. The van der Waals surface area contributed by atoms with E-state index >= 15 is 0 Å². The lowest BCUT2D eigenvalue weighted by Gasteiger charge is -2.23. The van der Waals surface area contributed by atoms with Gasteiger partial charge < -0.3 is 21.1 Å². The molecule has 0 saturated heterocycles. The van der Waals surface area contributed by atoms with Gasteiger partial charge in [-0.05, 0) is 39.5 Å². The molecule has 0 unspecified atom stereocenters. The third-order valence-electron chi connectivity index (χ3n) is 2.84. The Morgan fingerprint density at radius 3 is 2.47 bits per heavy atom. The molecule has 0 bridgehead atoms. The van der Waals surface area contributed by atoms with E-state index in [1.807, 2.05) is 20.8 Å². The largest absolute Gasteiger partial charge is 0.444 e. The molecule has 0 radical (unpaired) electrons. The zero-order valence-corrected chi connectivity index (χ0v) is 12.2. The fourth-order valence-electron chi connectivity index (χ4n) is 1.63. The summed E-state index contributed by atoms with van der Waals surface area (Å²) in [6.45, 7) is 7.29. The van der Waals surface area contributed by atoms with Crippen LogP contribution in [0, 0.1) is 5.92 Å². The Labute approximate surface area is 115 Å².